The number of aromatic nitrogens is 1. The minimum atomic E-state index is -0.878. The number of pyridine rings is 1. The molecule has 0 bridgehead atoms. The molecule has 5 heteroatoms. The fourth-order valence-corrected chi connectivity index (χ4v) is 1.02. The molecular formula is C9H12ClNO3. The molecule has 4 nitrogen and oxygen atoms in total. The Labute approximate surface area is 88.5 Å². The van der Waals surface area contributed by atoms with E-state index in [4.69, 9.17) is 9.84 Å². The lowest BCUT2D eigenvalue weighted by Gasteiger charge is -2.00. The van der Waals surface area contributed by atoms with E-state index >= 15 is 0 Å². The summed E-state index contributed by atoms with van der Waals surface area (Å²) in [5, 5.41) is 8.58. The molecule has 1 rings (SSSR count). The molecule has 0 radical (unpaired) electrons. The Morgan fingerprint density at radius 2 is 2.29 bits per heavy atom. The van der Waals surface area contributed by atoms with Crippen molar-refractivity contribution in [3.05, 3.63) is 24.4 Å². The van der Waals surface area contributed by atoms with Crippen LogP contribution >= 0.6 is 0 Å². The molecule has 0 aromatic carbocycles. The Bertz CT molecular complexity index is 304. The summed E-state index contributed by atoms with van der Waals surface area (Å²) in [4.78, 5) is 10.4. The van der Waals surface area contributed by atoms with Crippen molar-refractivity contribution in [1.29, 1.82) is 0 Å². The zero-order chi connectivity index (χ0) is 9.68. The number of halogens is 1. The lowest BCUT2D eigenvalue weighted by Crippen LogP contribution is -3.00. The SMILES string of the molecule is CCOc1cccc[n+]1CC(=O)O.[Cl-]. The molecule has 0 saturated carbocycles. The Balaban J connectivity index is 0.00000169. The number of carboxylic acids is 1. The van der Waals surface area contributed by atoms with Crippen molar-refractivity contribution in [3.63, 3.8) is 0 Å². The summed E-state index contributed by atoms with van der Waals surface area (Å²) in [6.45, 7) is 2.32. The van der Waals surface area contributed by atoms with E-state index in [0.29, 0.717) is 12.5 Å². The molecule has 1 N–H and O–H groups in total. The highest BCUT2D eigenvalue weighted by Crippen LogP contribution is 2.00. The number of carboxylic acid groups (broad SMARTS) is 1. The van der Waals surface area contributed by atoms with Gasteiger partial charge in [-0.3, -0.25) is 0 Å². The number of hydrogen-bond donors (Lipinski definition) is 1. The minimum absolute atomic E-state index is 0. The third kappa shape index (κ3) is 3.62. The third-order valence-electron chi connectivity index (χ3n) is 1.50. The van der Waals surface area contributed by atoms with Crippen LogP contribution < -0.4 is 21.7 Å². The van der Waals surface area contributed by atoms with E-state index in [-0.39, 0.29) is 19.0 Å². The molecule has 0 unspecified atom stereocenters. The van der Waals surface area contributed by atoms with E-state index in [1.165, 1.54) is 0 Å². The van der Waals surface area contributed by atoms with Crippen LogP contribution in [0.3, 0.4) is 0 Å². The second-order valence-corrected chi connectivity index (χ2v) is 2.49. The zero-order valence-electron chi connectivity index (χ0n) is 7.81. The van der Waals surface area contributed by atoms with Gasteiger partial charge >= 0.3 is 11.8 Å². The Morgan fingerprint density at radius 3 is 2.86 bits per heavy atom. The highest BCUT2D eigenvalue weighted by molar-refractivity contribution is 5.64. The molecule has 78 valence electrons. The van der Waals surface area contributed by atoms with Gasteiger partial charge in [0, 0.05) is 6.07 Å². The first-order chi connectivity index (χ1) is 6.24. The van der Waals surface area contributed by atoms with E-state index in [1.807, 2.05) is 13.0 Å². The predicted octanol–water partition coefficient (Wildman–Crippen LogP) is -2.54. The Hall–Kier alpha value is -1.29. The van der Waals surface area contributed by atoms with Crippen molar-refractivity contribution >= 4 is 5.97 Å². The van der Waals surface area contributed by atoms with Gasteiger partial charge in [0.1, 0.15) is 0 Å². The van der Waals surface area contributed by atoms with Gasteiger partial charge in [-0.15, -0.1) is 0 Å². The fourth-order valence-electron chi connectivity index (χ4n) is 1.02. The summed E-state index contributed by atoms with van der Waals surface area (Å²) in [6.07, 6.45) is 1.68. The molecule has 1 aromatic rings. The molecule has 0 aliphatic heterocycles. The van der Waals surface area contributed by atoms with Crippen molar-refractivity contribution in [2.45, 2.75) is 13.5 Å². The van der Waals surface area contributed by atoms with E-state index in [2.05, 4.69) is 0 Å². The maximum Gasteiger partial charge on any atom is 0.370 e. The third-order valence-corrected chi connectivity index (χ3v) is 1.50. The van der Waals surface area contributed by atoms with Gasteiger partial charge in [-0.05, 0) is 13.0 Å². The Morgan fingerprint density at radius 1 is 1.57 bits per heavy atom. The second-order valence-electron chi connectivity index (χ2n) is 2.49. The normalized spacial score (nSPS) is 8.93. The van der Waals surface area contributed by atoms with Crippen LogP contribution in [0.25, 0.3) is 0 Å². The van der Waals surface area contributed by atoms with Gasteiger partial charge in [-0.2, -0.15) is 4.57 Å². The smallest absolute Gasteiger partial charge is 0.370 e. The van der Waals surface area contributed by atoms with Crippen molar-refractivity contribution in [2.75, 3.05) is 6.61 Å². The van der Waals surface area contributed by atoms with E-state index < -0.39 is 5.97 Å². The van der Waals surface area contributed by atoms with Gasteiger partial charge in [0.2, 0.25) is 6.54 Å². The number of nitrogens with zero attached hydrogens (tertiary/aromatic N) is 1. The molecule has 0 amide bonds. The maximum absolute atomic E-state index is 10.4. The van der Waals surface area contributed by atoms with Gasteiger partial charge in [0.05, 0.1) is 12.7 Å². The topological polar surface area (TPSA) is 50.4 Å². The molecule has 0 aliphatic carbocycles. The van der Waals surface area contributed by atoms with E-state index in [9.17, 15) is 4.79 Å². The average molecular weight is 218 g/mol. The van der Waals surface area contributed by atoms with Crippen LogP contribution in [0.1, 0.15) is 6.92 Å². The van der Waals surface area contributed by atoms with E-state index in [0.717, 1.165) is 0 Å². The van der Waals surface area contributed by atoms with Gasteiger partial charge in [0.15, 0.2) is 6.20 Å². The summed E-state index contributed by atoms with van der Waals surface area (Å²) in [5.74, 6) is -0.301. The zero-order valence-corrected chi connectivity index (χ0v) is 8.57. The standard InChI is InChI=1S/C9H11NO3.ClH/c1-2-13-8-5-3-4-6-10(8)7-9(11)12;/h3-6H,2,7H2,1H3;1H. The molecular weight excluding hydrogens is 206 g/mol. The number of carbonyl (C=O) groups is 1. The van der Waals surface area contributed by atoms with Crippen LogP contribution in [0.4, 0.5) is 0 Å². The van der Waals surface area contributed by atoms with Crippen LogP contribution in [0, 0.1) is 0 Å². The molecule has 0 fully saturated rings. The highest BCUT2D eigenvalue weighted by atomic mass is 35.5. The minimum Gasteiger partial charge on any atom is -1.00 e. The van der Waals surface area contributed by atoms with Crippen LogP contribution in [-0.2, 0) is 11.3 Å². The lowest BCUT2D eigenvalue weighted by molar-refractivity contribution is -0.691. The molecule has 0 spiro atoms. The first-order valence-electron chi connectivity index (χ1n) is 4.07. The van der Waals surface area contributed by atoms with Crippen molar-refractivity contribution in [3.8, 4) is 5.88 Å². The molecule has 1 aromatic heterocycles. The van der Waals surface area contributed by atoms with Crippen LogP contribution in [0.2, 0.25) is 0 Å². The molecule has 0 atom stereocenters. The summed E-state index contributed by atoms with van der Waals surface area (Å²) in [7, 11) is 0. The number of aliphatic carboxylic acids is 1. The molecule has 0 aliphatic rings. The first-order valence-corrected chi connectivity index (χ1v) is 4.07. The first kappa shape index (κ1) is 12.7. The summed E-state index contributed by atoms with van der Waals surface area (Å²) in [5.41, 5.74) is 0. The monoisotopic (exact) mass is 217 g/mol. The predicted molar refractivity (Wildman–Crippen MR) is 45.4 cm³/mol. The highest BCUT2D eigenvalue weighted by Gasteiger charge is 2.13. The molecule has 0 saturated heterocycles. The van der Waals surface area contributed by atoms with Gasteiger partial charge in [0.25, 0.3) is 0 Å². The van der Waals surface area contributed by atoms with Crippen LogP contribution in [0.5, 0.6) is 5.88 Å². The largest absolute Gasteiger partial charge is 1.00 e. The van der Waals surface area contributed by atoms with E-state index in [1.54, 1.807) is 22.9 Å². The van der Waals surface area contributed by atoms with Gasteiger partial charge in [-0.1, -0.05) is 0 Å². The van der Waals surface area contributed by atoms with Crippen LogP contribution in [0.15, 0.2) is 24.4 Å². The second kappa shape index (κ2) is 6.21. The fraction of sp³-hybridized carbons (Fsp3) is 0.333. The number of rotatable bonds is 4. The summed E-state index contributed by atoms with van der Waals surface area (Å²) >= 11 is 0. The van der Waals surface area contributed by atoms with Crippen molar-refractivity contribution < 1.29 is 31.6 Å². The summed E-state index contributed by atoms with van der Waals surface area (Å²) in [6, 6.07) is 5.32. The van der Waals surface area contributed by atoms with Gasteiger partial charge in [-0.25, -0.2) is 4.79 Å². The Kier molecular flexibility index (Phi) is 5.64. The molecule has 1 heterocycles. The van der Waals surface area contributed by atoms with Gasteiger partial charge < -0.3 is 22.3 Å². The lowest BCUT2D eigenvalue weighted by atomic mass is 10.4. The summed E-state index contributed by atoms with van der Waals surface area (Å²) < 4.78 is 6.78. The molecule has 14 heavy (non-hydrogen) atoms. The average Bonchev–Trinajstić information content (AvgIpc) is 2.08. The quantitative estimate of drug-likeness (QED) is 0.566. The van der Waals surface area contributed by atoms with Crippen molar-refractivity contribution in [1.82, 2.24) is 0 Å². The van der Waals surface area contributed by atoms with Crippen LogP contribution in [-0.4, -0.2) is 17.7 Å². The number of ether oxygens (including phenoxy) is 1. The number of hydrogen-bond acceptors (Lipinski definition) is 2. The maximum atomic E-state index is 10.4. The van der Waals surface area contributed by atoms with Crippen molar-refractivity contribution in [2.24, 2.45) is 0 Å².